The van der Waals surface area contributed by atoms with Crippen molar-refractivity contribution in [3.63, 3.8) is 0 Å². The summed E-state index contributed by atoms with van der Waals surface area (Å²) in [5.74, 6) is -2.36. The summed E-state index contributed by atoms with van der Waals surface area (Å²) < 4.78 is 4.93. The van der Waals surface area contributed by atoms with Crippen LogP contribution in [0.4, 0.5) is 10.5 Å². The number of carbonyl (C=O) groups is 4. The second kappa shape index (κ2) is 10.4. The Kier molecular flexibility index (Phi) is 7.43. The number of ether oxygens (including phenoxy) is 1. The third-order valence-corrected chi connectivity index (χ3v) is 5.16. The maximum atomic E-state index is 12.8. The molecule has 9 nitrogen and oxygen atoms in total. The van der Waals surface area contributed by atoms with E-state index in [2.05, 4.69) is 10.6 Å². The molecule has 3 rings (SSSR count). The molecule has 32 heavy (non-hydrogen) atoms. The summed E-state index contributed by atoms with van der Waals surface area (Å²) >= 11 is 0. The first-order valence-electron chi connectivity index (χ1n) is 10.3. The second-order valence-electron chi connectivity index (χ2n) is 7.25. The number of urea groups is 1. The number of hydrogen-bond donors (Lipinski definition) is 2. The van der Waals surface area contributed by atoms with Gasteiger partial charge in [0.2, 0.25) is 5.91 Å². The standard InChI is InChI=1S/C23H25N3O6/c1-2-32-22(30)16-9-6-10-17(13-16)25-23(31)24-14-20(27)26-18(11-12-19(26)21(28)29)15-7-4-3-5-8-15/h3-10,13,18-19H,2,11-12,14H2,1H3,(H,28,29)(H2,24,25,31)/p-1. The number of hydrogen-bond acceptors (Lipinski definition) is 6. The number of benzene rings is 2. The molecule has 0 radical (unpaired) electrons. The third kappa shape index (κ3) is 5.42. The molecule has 0 saturated carbocycles. The van der Waals surface area contributed by atoms with Crippen molar-refractivity contribution in [3.8, 4) is 0 Å². The maximum Gasteiger partial charge on any atom is 0.338 e. The lowest BCUT2D eigenvalue weighted by atomic mass is 10.0. The highest BCUT2D eigenvalue weighted by Crippen LogP contribution is 2.35. The highest BCUT2D eigenvalue weighted by Gasteiger charge is 2.38. The van der Waals surface area contributed by atoms with Gasteiger partial charge in [-0.1, -0.05) is 36.4 Å². The maximum absolute atomic E-state index is 12.8. The molecule has 2 aromatic carbocycles. The smallest absolute Gasteiger partial charge is 0.338 e. The molecular weight excluding hydrogens is 414 g/mol. The molecule has 1 heterocycles. The minimum atomic E-state index is -1.32. The van der Waals surface area contributed by atoms with Gasteiger partial charge in [-0.15, -0.1) is 0 Å². The van der Waals surface area contributed by atoms with Gasteiger partial charge in [0.25, 0.3) is 0 Å². The van der Waals surface area contributed by atoms with Gasteiger partial charge >= 0.3 is 12.0 Å². The first-order chi connectivity index (χ1) is 15.4. The quantitative estimate of drug-likeness (QED) is 0.630. The Balaban J connectivity index is 1.63. The molecule has 0 aromatic heterocycles. The van der Waals surface area contributed by atoms with Gasteiger partial charge < -0.3 is 30.2 Å². The van der Waals surface area contributed by atoms with E-state index in [0.29, 0.717) is 12.1 Å². The van der Waals surface area contributed by atoms with Crippen molar-refractivity contribution >= 4 is 29.6 Å². The lowest BCUT2D eigenvalue weighted by Gasteiger charge is -2.31. The van der Waals surface area contributed by atoms with Crippen LogP contribution in [0.25, 0.3) is 0 Å². The lowest BCUT2D eigenvalue weighted by molar-refractivity contribution is -0.310. The molecular formula is C23H24N3O6-. The molecule has 2 aromatic rings. The molecule has 0 bridgehead atoms. The van der Waals surface area contributed by atoms with Crippen molar-refractivity contribution in [1.82, 2.24) is 10.2 Å². The van der Waals surface area contributed by atoms with Gasteiger partial charge in [-0.25, -0.2) is 9.59 Å². The monoisotopic (exact) mass is 438 g/mol. The molecule has 1 aliphatic rings. The first-order valence-corrected chi connectivity index (χ1v) is 10.3. The van der Waals surface area contributed by atoms with Crippen LogP contribution in [0.2, 0.25) is 0 Å². The molecule has 1 aliphatic heterocycles. The molecule has 3 amide bonds. The molecule has 2 atom stereocenters. The van der Waals surface area contributed by atoms with Crippen molar-refractivity contribution in [1.29, 1.82) is 0 Å². The van der Waals surface area contributed by atoms with E-state index in [4.69, 9.17) is 4.74 Å². The molecule has 2 unspecified atom stereocenters. The van der Waals surface area contributed by atoms with Crippen LogP contribution in [-0.4, -0.2) is 48.0 Å². The molecule has 2 N–H and O–H groups in total. The van der Waals surface area contributed by atoms with Crippen LogP contribution in [0.5, 0.6) is 0 Å². The van der Waals surface area contributed by atoms with Gasteiger partial charge in [0.15, 0.2) is 0 Å². The first kappa shape index (κ1) is 22.8. The highest BCUT2D eigenvalue weighted by atomic mass is 16.5. The molecule has 9 heteroatoms. The fourth-order valence-corrected chi connectivity index (χ4v) is 3.75. The van der Waals surface area contributed by atoms with E-state index >= 15 is 0 Å². The van der Waals surface area contributed by atoms with Crippen molar-refractivity contribution in [2.24, 2.45) is 0 Å². The fourth-order valence-electron chi connectivity index (χ4n) is 3.75. The normalized spacial score (nSPS) is 17.5. The van der Waals surface area contributed by atoms with E-state index in [1.807, 2.05) is 30.3 Å². The van der Waals surface area contributed by atoms with Crippen LogP contribution in [0.15, 0.2) is 54.6 Å². The lowest BCUT2D eigenvalue weighted by Crippen LogP contribution is -2.50. The Morgan fingerprint density at radius 3 is 2.50 bits per heavy atom. The summed E-state index contributed by atoms with van der Waals surface area (Å²) in [6.07, 6.45) is 0.766. The van der Waals surface area contributed by atoms with Crippen LogP contribution in [-0.2, 0) is 14.3 Å². The van der Waals surface area contributed by atoms with Gasteiger partial charge in [-0.2, -0.15) is 0 Å². The number of rotatable bonds is 7. The number of esters is 1. The summed E-state index contributed by atoms with van der Waals surface area (Å²) in [4.78, 5) is 49.8. The number of nitrogens with one attached hydrogen (secondary N) is 2. The Morgan fingerprint density at radius 1 is 1.06 bits per heavy atom. The number of carboxylic acids is 1. The van der Waals surface area contributed by atoms with Gasteiger partial charge in [-0.05, 0) is 43.5 Å². The predicted octanol–water partition coefficient (Wildman–Crippen LogP) is 1.47. The number of nitrogens with zero attached hydrogens (tertiary/aromatic N) is 1. The van der Waals surface area contributed by atoms with Crippen LogP contribution in [0, 0.1) is 0 Å². The SMILES string of the molecule is CCOC(=O)c1cccc(NC(=O)NCC(=O)N2C(C(=O)[O-])CCC2c2ccccc2)c1. The zero-order chi connectivity index (χ0) is 23.1. The summed E-state index contributed by atoms with van der Waals surface area (Å²) in [6, 6.07) is 13.2. The second-order valence-corrected chi connectivity index (χ2v) is 7.25. The minimum absolute atomic E-state index is 0.229. The van der Waals surface area contributed by atoms with E-state index in [-0.39, 0.29) is 18.6 Å². The number of amides is 3. The summed E-state index contributed by atoms with van der Waals surface area (Å²) in [5, 5.41) is 16.6. The molecule has 168 valence electrons. The van der Waals surface area contributed by atoms with Crippen LogP contribution >= 0.6 is 0 Å². The average molecular weight is 438 g/mol. The minimum Gasteiger partial charge on any atom is -0.548 e. The largest absolute Gasteiger partial charge is 0.548 e. The number of carbonyl (C=O) groups excluding carboxylic acids is 4. The van der Waals surface area contributed by atoms with Crippen molar-refractivity contribution in [3.05, 3.63) is 65.7 Å². The Hall–Kier alpha value is -3.88. The van der Waals surface area contributed by atoms with E-state index in [1.165, 1.54) is 11.0 Å². The number of likely N-dealkylation sites (tertiary alicyclic amines) is 1. The Morgan fingerprint density at radius 2 is 1.81 bits per heavy atom. The Labute approximate surface area is 185 Å². The van der Waals surface area contributed by atoms with E-state index in [9.17, 15) is 24.3 Å². The third-order valence-electron chi connectivity index (χ3n) is 5.16. The molecule has 0 aliphatic carbocycles. The molecule has 0 spiro atoms. The summed E-state index contributed by atoms with van der Waals surface area (Å²) in [7, 11) is 0. The average Bonchev–Trinajstić information content (AvgIpc) is 3.24. The fraction of sp³-hybridized carbons (Fsp3) is 0.304. The molecule has 1 fully saturated rings. The topological polar surface area (TPSA) is 128 Å². The van der Waals surface area contributed by atoms with E-state index < -0.39 is 42.5 Å². The zero-order valence-electron chi connectivity index (χ0n) is 17.6. The van der Waals surface area contributed by atoms with E-state index in [0.717, 1.165) is 5.56 Å². The number of carboxylic acid groups (broad SMARTS) is 1. The van der Waals surface area contributed by atoms with E-state index in [1.54, 1.807) is 25.1 Å². The van der Waals surface area contributed by atoms with Gasteiger partial charge in [0.1, 0.15) is 0 Å². The van der Waals surface area contributed by atoms with Crippen LogP contribution in [0.1, 0.15) is 41.7 Å². The van der Waals surface area contributed by atoms with Gasteiger partial charge in [-0.3, -0.25) is 4.79 Å². The Bertz CT molecular complexity index is 994. The molecule has 1 saturated heterocycles. The predicted molar refractivity (Wildman–Crippen MR) is 113 cm³/mol. The summed E-state index contributed by atoms with van der Waals surface area (Å²) in [5.41, 5.74) is 1.45. The summed E-state index contributed by atoms with van der Waals surface area (Å²) in [6.45, 7) is 1.53. The number of aliphatic carboxylic acids is 1. The van der Waals surface area contributed by atoms with Gasteiger partial charge in [0, 0.05) is 5.69 Å². The van der Waals surface area contributed by atoms with Crippen LogP contribution in [0.3, 0.4) is 0 Å². The van der Waals surface area contributed by atoms with Crippen molar-refractivity contribution in [2.45, 2.75) is 31.8 Å². The van der Waals surface area contributed by atoms with Crippen molar-refractivity contribution < 1.29 is 29.0 Å². The zero-order valence-corrected chi connectivity index (χ0v) is 17.6. The highest BCUT2D eigenvalue weighted by molar-refractivity contribution is 5.95. The number of anilines is 1. The van der Waals surface area contributed by atoms with Gasteiger partial charge in [0.05, 0.1) is 36.8 Å². The van der Waals surface area contributed by atoms with Crippen molar-refractivity contribution in [2.75, 3.05) is 18.5 Å². The van der Waals surface area contributed by atoms with Crippen LogP contribution < -0.4 is 15.7 Å².